The number of hydrogen-bond acceptors (Lipinski definition) is 2. The number of benzene rings is 1. The van der Waals surface area contributed by atoms with E-state index in [1.54, 1.807) is 11.3 Å². The lowest BCUT2D eigenvalue weighted by molar-refractivity contribution is 0.252. The fraction of sp³-hybridized carbons (Fsp3) is 0.353. The summed E-state index contributed by atoms with van der Waals surface area (Å²) in [4.78, 5) is 13.3. The topological polar surface area (TPSA) is 41.1 Å². The molecule has 0 aliphatic carbocycles. The van der Waals surface area contributed by atoms with Gasteiger partial charge >= 0.3 is 6.03 Å². The van der Waals surface area contributed by atoms with E-state index < -0.39 is 0 Å². The molecule has 112 valence electrons. The third-order valence-corrected chi connectivity index (χ3v) is 4.41. The molecule has 0 unspecified atom stereocenters. The Kier molecular flexibility index (Phi) is 5.81. The van der Waals surface area contributed by atoms with Gasteiger partial charge in [-0.25, -0.2) is 4.79 Å². The molecule has 0 spiro atoms. The highest BCUT2D eigenvalue weighted by atomic mass is 32.1. The summed E-state index contributed by atoms with van der Waals surface area (Å²) in [5.41, 5.74) is 3.33. The molecule has 21 heavy (non-hydrogen) atoms. The molecule has 0 bridgehead atoms. The molecule has 3 nitrogen and oxygen atoms in total. The van der Waals surface area contributed by atoms with E-state index in [1.807, 2.05) is 6.07 Å². The molecule has 1 aromatic carbocycles. The molecular weight excluding hydrogens is 280 g/mol. The van der Waals surface area contributed by atoms with Gasteiger partial charge in [0.15, 0.2) is 0 Å². The van der Waals surface area contributed by atoms with Crippen LogP contribution in [0.5, 0.6) is 0 Å². The predicted molar refractivity (Wildman–Crippen MR) is 90.2 cm³/mol. The number of nitrogens with one attached hydrogen (secondary N) is 2. The number of carbonyl (C=O) groups is 1. The summed E-state index contributed by atoms with van der Waals surface area (Å²) in [6, 6.07) is 10.2. The standard InChI is InChI=1S/C17H22N2OS/c1-3-13-7-5-8-14(4-2)16(13)19-17(20)18-11-10-15-9-6-12-21-15/h5-9,12H,3-4,10-11H2,1-2H3,(H2,18,19,20). The smallest absolute Gasteiger partial charge is 0.319 e. The maximum Gasteiger partial charge on any atom is 0.319 e. The minimum absolute atomic E-state index is 0.123. The molecule has 2 amide bonds. The van der Waals surface area contributed by atoms with Crippen molar-refractivity contribution in [1.82, 2.24) is 5.32 Å². The number of anilines is 1. The Labute approximate surface area is 130 Å². The largest absolute Gasteiger partial charge is 0.338 e. The maximum atomic E-state index is 12.1. The summed E-state index contributed by atoms with van der Waals surface area (Å²) in [7, 11) is 0. The van der Waals surface area contributed by atoms with Crippen molar-refractivity contribution in [3.63, 3.8) is 0 Å². The van der Waals surface area contributed by atoms with Crippen LogP contribution in [0, 0.1) is 0 Å². The number of para-hydroxylation sites is 1. The maximum absolute atomic E-state index is 12.1. The van der Waals surface area contributed by atoms with E-state index in [0.29, 0.717) is 6.54 Å². The Morgan fingerprint density at radius 3 is 2.38 bits per heavy atom. The van der Waals surface area contributed by atoms with Crippen LogP contribution in [0.2, 0.25) is 0 Å². The molecule has 2 rings (SSSR count). The van der Waals surface area contributed by atoms with Gasteiger partial charge in [-0.15, -0.1) is 11.3 Å². The van der Waals surface area contributed by atoms with Crippen LogP contribution in [0.25, 0.3) is 0 Å². The molecule has 0 atom stereocenters. The molecule has 0 saturated carbocycles. The zero-order valence-electron chi connectivity index (χ0n) is 12.6. The van der Waals surface area contributed by atoms with E-state index in [9.17, 15) is 4.79 Å². The van der Waals surface area contributed by atoms with Gasteiger partial charge in [0.05, 0.1) is 0 Å². The van der Waals surface area contributed by atoms with Gasteiger partial charge in [-0.05, 0) is 41.8 Å². The van der Waals surface area contributed by atoms with Crippen LogP contribution in [0.3, 0.4) is 0 Å². The van der Waals surface area contributed by atoms with Crippen molar-refractivity contribution in [1.29, 1.82) is 0 Å². The van der Waals surface area contributed by atoms with Gasteiger partial charge in [-0.1, -0.05) is 38.1 Å². The highest BCUT2D eigenvalue weighted by Gasteiger charge is 2.09. The van der Waals surface area contributed by atoms with Gasteiger partial charge in [0.25, 0.3) is 0 Å². The first-order valence-corrected chi connectivity index (χ1v) is 8.30. The van der Waals surface area contributed by atoms with E-state index in [1.165, 1.54) is 16.0 Å². The van der Waals surface area contributed by atoms with Crippen molar-refractivity contribution in [2.24, 2.45) is 0 Å². The molecule has 2 aromatic rings. The minimum Gasteiger partial charge on any atom is -0.338 e. The van der Waals surface area contributed by atoms with E-state index in [0.717, 1.165) is 24.9 Å². The third-order valence-electron chi connectivity index (χ3n) is 3.47. The summed E-state index contributed by atoms with van der Waals surface area (Å²) < 4.78 is 0. The zero-order chi connectivity index (χ0) is 15.1. The summed E-state index contributed by atoms with van der Waals surface area (Å²) >= 11 is 1.72. The van der Waals surface area contributed by atoms with Crippen LogP contribution in [0.1, 0.15) is 29.9 Å². The average molecular weight is 302 g/mol. The summed E-state index contributed by atoms with van der Waals surface area (Å²) in [6.07, 6.45) is 2.71. The summed E-state index contributed by atoms with van der Waals surface area (Å²) in [6.45, 7) is 4.87. The molecule has 4 heteroatoms. The van der Waals surface area contributed by atoms with Crippen LogP contribution in [-0.4, -0.2) is 12.6 Å². The monoisotopic (exact) mass is 302 g/mol. The predicted octanol–water partition coefficient (Wildman–Crippen LogP) is 4.24. The Morgan fingerprint density at radius 1 is 1.10 bits per heavy atom. The van der Waals surface area contributed by atoms with Crippen molar-refractivity contribution in [3.05, 3.63) is 51.7 Å². The molecule has 1 heterocycles. The average Bonchev–Trinajstić information content (AvgIpc) is 3.00. The number of rotatable bonds is 6. The molecule has 0 aliphatic rings. The van der Waals surface area contributed by atoms with Crippen molar-refractivity contribution in [3.8, 4) is 0 Å². The van der Waals surface area contributed by atoms with Gasteiger partial charge < -0.3 is 10.6 Å². The third kappa shape index (κ3) is 4.33. The normalized spacial score (nSPS) is 10.4. The lowest BCUT2D eigenvalue weighted by Crippen LogP contribution is -2.31. The van der Waals surface area contributed by atoms with E-state index in [2.05, 4.69) is 54.1 Å². The number of carbonyl (C=O) groups excluding carboxylic acids is 1. The van der Waals surface area contributed by atoms with E-state index in [-0.39, 0.29) is 6.03 Å². The molecule has 1 aromatic heterocycles. The summed E-state index contributed by atoms with van der Waals surface area (Å²) in [5.74, 6) is 0. The minimum atomic E-state index is -0.123. The van der Waals surface area contributed by atoms with Crippen LogP contribution in [0.15, 0.2) is 35.7 Å². The Balaban J connectivity index is 1.93. The molecule has 0 saturated heterocycles. The first-order valence-electron chi connectivity index (χ1n) is 7.42. The Bertz CT molecular complexity index is 556. The molecule has 0 fully saturated rings. The molecular formula is C17H22N2OS. The van der Waals surface area contributed by atoms with Crippen molar-refractivity contribution in [2.45, 2.75) is 33.1 Å². The fourth-order valence-electron chi connectivity index (χ4n) is 2.31. The van der Waals surface area contributed by atoms with Gasteiger partial charge in [0.1, 0.15) is 0 Å². The zero-order valence-corrected chi connectivity index (χ0v) is 13.4. The first kappa shape index (κ1) is 15.6. The first-order chi connectivity index (χ1) is 10.2. The van der Waals surface area contributed by atoms with Gasteiger partial charge in [-0.2, -0.15) is 0 Å². The Morgan fingerprint density at radius 2 is 1.81 bits per heavy atom. The van der Waals surface area contributed by atoms with E-state index >= 15 is 0 Å². The van der Waals surface area contributed by atoms with Crippen LogP contribution in [0.4, 0.5) is 10.5 Å². The van der Waals surface area contributed by atoms with Crippen LogP contribution in [-0.2, 0) is 19.3 Å². The number of amides is 2. The van der Waals surface area contributed by atoms with Crippen molar-refractivity contribution >= 4 is 23.1 Å². The Hall–Kier alpha value is -1.81. The molecule has 2 N–H and O–H groups in total. The number of hydrogen-bond donors (Lipinski definition) is 2. The highest BCUT2D eigenvalue weighted by Crippen LogP contribution is 2.22. The van der Waals surface area contributed by atoms with Crippen LogP contribution >= 0.6 is 11.3 Å². The second-order valence-electron chi connectivity index (χ2n) is 4.87. The second kappa shape index (κ2) is 7.84. The summed E-state index contributed by atoms with van der Waals surface area (Å²) in [5, 5.41) is 8.00. The SMILES string of the molecule is CCc1cccc(CC)c1NC(=O)NCCc1cccs1. The molecule has 0 aliphatic heterocycles. The lowest BCUT2D eigenvalue weighted by atomic mass is 10.0. The van der Waals surface area contributed by atoms with Gasteiger partial charge in [0.2, 0.25) is 0 Å². The second-order valence-corrected chi connectivity index (χ2v) is 5.90. The fourth-order valence-corrected chi connectivity index (χ4v) is 3.02. The highest BCUT2D eigenvalue weighted by molar-refractivity contribution is 7.09. The van der Waals surface area contributed by atoms with Crippen LogP contribution < -0.4 is 10.6 Å². The van der Waals surface area contributed by atoms with Crippen molar-refractivity contribution in [2.75, 3.05) is 11.9 Å². The van der Waals surface area contributed by atoms with E-state index in [4.69, 9.17) is 0 Å². The number of thiophene rings is 1. The quantitative estimate of drug-likeness (QED) is 0.823. The molecule has 0 radical (unpaired) electrons. The van der Waals surface area contributed by atoms with Gasteiger partial charge in [-0.3, -0.25) is 0 Å². The number of urea groups is 1. The number of aryl methyl sites for hydroxylation is 2. The van der Waals surface area contributed by atoms with Gasteiger partial charge in [0, 0.05) is 17.1 Å². The van der Waals surface area contributed by atoms with Crippen molar-refractivity contribution < 1.29 is 4.79 Å². The lowest BCUT2D eigenvalue weighted by Gasteiger charge is -2.14.